The molecule has 0 aliphatic heterocycles. The maximum atomic E-state index is 5.45. The van der Waals surface area contributed by atoms with Gasteiger partial charge in [-0.3, -0.25) is 0 Å². The summed E-state index contributed by atoms with van der Waals surface area (Å²) >= 11 is 2.84. The van der Waals surface area contributed by atoms with Crippen molar-refractivity contribution in [1.82, 2.24) is 0 Å². The zero-order valence-electron chi connectivity index (χ0n) is 19.5. The molecule has 1 atom stereocenters. The Bertz CT molecular complexity index is 737. The minimum atomic E-state index is -2.61. The van der Waals surface area contributed by atoms with Crippen LogP contribution in [0.15, 0.2) is 54.6 Å². The van der Waals surface area contributed by atoms with Gasteiger partial charge in [-0.1, -0.05) is 0 Å². The van der Waals surface area contributed by atoms with Crippen molar-refractivity contribution in [1.29, 1.82) is 0 Å². The molecule has 0 heterocycles. The number of nitrogens with one attached hydrogen (secondary N) is 1. The molecule has 0 aliphatic rings. The molecular formula is C27H41NSSn. The van der Waals surface area contributed by atoms with Crippen LogP contribution in [0.3, 0.4) is 0 Å². The molecule has 3 heteroatoms. The first-order chi connectivity index (χ1) is 14.6. The Labute approximate surface area is 194 Å². The average molecular weight is 530 g/mol. The van der Waals surface area contributed by atoms with E-state index >= 15 is 0 Å². The van der Waals surface area contributed by atoms with Crippen LogP contribution in [0.5, 0.6) is 0 Å². The first-order valence-corrected chi connectivity index (χ1v) is 20.1. The third-order valence-electron chi connectivity index (χ3n) is 6.41. The van der Waals surface area contributed by atoms with Crippen LogP contribution in [0.1, 0.15) is 81.3 Å². The van der Waals surface area contributed by atoms with E-state index in [1.54, 1.807) is 0 Å². The molecular weight excluding hydrogens is 489 g/mol. The number of para-hydroxylation sites is 1. The van der Waals surface area contributed by atoms with Crippen LogP contribution in [0.4, 0.5) is 5.69 Å². The standard InChI is InChI=1S/C15H14NS.3C4H9.Sn/c1-12(17)16-15-10-6-5-9-14(15)11-13-7-3-2-4-8-13;3*1-3-4-2;/h2-11H,1H3,(H,16,17);3*1,3-4H2,2H3;. The fourth-order valence-corrected chi connectivity index (χ4v) is 23.9. The second-order valence-electron chi connectivity index (χ2n) is 8.79. The van der Waals surface area contributed by atoms with Crippen LogP contribution < -0.4 is 5.32 Å². The van der Waals surface area contributed by atoms with E-state index in [1.165, 1.54) is 68.6 Å². The van der Waals surface area contributed by atoms with Crippen LogP contribution in [0, 0.1) is 0 Å². The number of thiocarbonyl (C=S) groups is 1. The van der Waals surface area contributed by atoms with Gasteiger partial charge in [-0.2, -0.15) is 0 Å². The van der Waals surface area contributed by atoms with Gasteiger partial charge in [0, 0.05) is 0 Å². The average Bonchev–Trinajstić information content (AvgIpc) is 2.76. The number of hydrogen-bond donors (Lipinski definition) is 1. The Morgan fingerprint density at radius 2 is 1.30 bits per heavy atom. The third kappa shape index (κ3) is 7.08. The van der Waals surface area contributed by atoms with Gasteiger partial charge in [0.05, 0.1) is 0 Å². The molecule has 2 aromatic carbocycles. The molecule has 0 spiro atoms. The number of unbranched alkanes of at least 4 members (excludes halogenated alkanes) is 3. The zero-order chi connectivity index (χ0) is 21.8. The summed E-state index contributed by atoms with van der Waals surface area (Å²) in [5.74, 6) is 0. The van der Waals surface area contributed by atoms with Crippen molar-refractivity contribution in [2.24, 2.45) is 0 Å². The van der Waals surface area contributed by atoms with E-state index in [4.69, 9.17) is 12.2 Å². The Hall–Kier alpha value is -0.871. The van der Waals surface area contributed by atoms with Gasteiger partial charge in [-0.05, 0) is 0 Å². The fourth-order valence-electron chi connectivity index (χ4n) is 4.96. The van der Waals surface area contributed by atoms with Crippen molar-refractivity contribution in [3.8, 4) is 0 Å². The quantitative estimate of drug-likeness (QED) is 0.205. The molecule has 0 fully saturated rings. The molecule has 0 amide bonds. The van der Waals surface area contributed by atoms with E-state index in [1.807, 2.05) is 6.92 Å². The van der Waals surface area contributed by atoms with E-state index in [2.05, 4.69) is 80.7 Å². The van der Waals surface area contributed by atoms with E-state index < -0.39 is 18.4 Å². The summed E-state index contributed by atoms with van der Waals surface area (Å²) < 4.78 is 5.07. The van der Waals surface area contributed by atoms with Crippen molar-refractivity contribution in [2.45, 2.75) is 83.5 Å². The Morgan fingerprint density at radius 3 is 1.80 bits per heavy atom. The molecule has 2 rings (SSSR count). The van der Waals surface area contributed by atoms with Gasteiger partial charge in [0.15, 0.2) is 0 Å². The van der Waals surface area contributed by atoms with Crippen LogP contribution in [0.25, 0.3) is 0 Å². The summed E-state index contributed by atoms with van der Waals surface area (Å²) in [6, 6.07) is 20.4. The van der Waals surface area contributed by atoms with E-state index in [0.29, 0.717) is 3.93 Å². The van der Waals surface area contributed by atoms with Crippen molar-refractivity contribution < 1.29 is 0 Å². The third-order valence-corrected chi connectivity index (χ3v) is 23.4. The van der Waals surface area contributed by atoms with Crippen LogP contribution >= 0.6 is 12.2 Å². The predicted molar refractivity (Wildman–Crippen MR) is 142 cm³/mol. The summed E-state index contributed by atoms with van der Waals surface area (Å²) in [5, 5.41) is 3.53. The van der Waals surface area contributed by atoms with Crippen molar-refractivity contribution in [3.05, 3.63) is 65.7 Å². The first kappa shape index (κ1) is 25.4. The van der Waals surface area contributed by atoms with Gasteiger partial charge in [-0.15, -0.1) is 0 Å². The van der Waals surface area contributed by atoms with E-state index in [-0.39, 0.29) is 0 Å². The topological polar surface area (TPSA) is 12.0 Å². The Balaban J connectivity index is 2.69. The molecule has 1 nitrogen and oxygen atoms in total. The fraction of sp³-hybridized carbons (Fsp3) is 0.519. The van der Waals surface area contributed by atoms with Gasteiger partial charge in [0.2, 0.25) is 0 Å². The molecule has 2 aromatic rings. The molecule has 1 unspecified atom stereocenters. The first-order valence-electron chi connectivity index (χ1n) is 12.0. The van der Waals surface area contributed by atoms with Gasteiger partial charge >= 0.3 is 196 Å². The summed E-state index contributed by atoms with van der Waals surface area (Å²) in [6.07, 6.45) is 8.06. The second kappa shape index (κ2) is 13.5. The normalized spacial score (nSPS) is 12.5. The van der Waals surface area contributed by atoms with Crippen LogP contribution in [-0.2, 0) is 0 Å². The summed E-state index contributed by atoms with van der Waals surface area (Å²) in [4.78, 5) is 0.853. The van der Waals surface area contributed by atoms with Crippen LogP contribution in [0.2, 0.25) is 13.3 Å². The Morgan fingerprint density at radius 1 is 0.800 bits per heavy atom. The monoisotopic (exact) mass is 531 g/mol. The van der Waals surface area contributed by atoms with Gasteiger partial charge in [0.1, 0.15) is 0 Å². The van der Waals surface area contributed by atoms with Crippen LogP contribution in [-0.4, -0.2) is 23.4 Å². The predicted octanol–water partition coefficient (Wildman–Crippen LogP) is 8.97. The summed E-state index contributed by atoms with van der Waals surface area (Å²) in [5.41, 5.74) is 4.25. The minimum absolute atomic E-state index is 0.586. The number of benzene rings is 2. The number of anilines is 1. The molecule has 0 saturated heterocycles. The van der Waals surface area contributed by atoms with Gasteiger partial charge < -0.3 is 0 Å². The Kier molecular flexibility index (Phi) is 11.4. The van der Waals surface area contributed by atoms with Gasteiger partial charge in [0.25, 0.3) is 0 Å². The molecule has 30 heavy (non-hydrogen) atoms. The zero-order valence-corrected chi connectivity index (χ0v) is 23.2. The van der Waals surface area contributed by atoms with E-state index in [0.717, 1.165) is 4.99 Å². The van der Waals surface area contributed by atoms with Crippen molar-refractivity contribution in [2.75, 3.05) is 5.32 Å². The van der Waals surface area contributed by atoms with Gasteiger partial charge in [-0.25, -0.2) is 0 Å². The molecule has 1 N–H and O–H groups in total. The number of hydrogen-bond acceptors (Lipinski definition) is 1. The molecule has 0 bridgehead atoms. The van der Waals surface area contributed by atoms with E-state index in [9.17, 15) is 0 Å². The second-order valence-corrected chi connectivity index (χ2v) is 23.1. The maximum absolute atomic E-state index is 5.45. The molecule has 0 aromatic heterocycles. The van der Waals surface area contributed by atoms with Crippen molar-refractivity contribution >= 4 is 41.3 Å². The molecule has 164 valence electrons. The molecule has 0 saturated carbocycles. The number of rotatable bonds is 13. The molecule has 0 radical (unpaired) electrons. The SMILES string of the molecule is CCC[CH2][Sn]([CH2]CCC)([CH2]CCC)[CH](c1ccccc1)c1ccccc1NC(C)=S. The summed E-state index contributed by atoms with van der Waals surface area (Å²) in [7, 11) is 0. The summed E-state index contributed by atoms with van der Waals surface area (Å²) in [6.45, 7) is 9.07. The van der Waals surface area contributed by atoms with Crippen molar-refractivity contribution in [3.63, 3.8) is 0 Å². The molecule has 0 aliphatic carbocycles.